The monoisotopic (exact) mass is 194 g/mol. The number of carbonyl (C=O) groups is 2. The lowest BCUT2D eigenvalue weighted by Gasteiger charge is -2.29. The average Bonchev–Trinajstić information content (AvgIpc) is 2.18. The molecule has 0 bridgehead atoms. The molecule has 0 saturated carbocycles. The normalized spacial score (nSPS) is 22.3. The highest BCUT2D eigenvalue weighted by molar-refractivity contribution is 6.00. The molecule has 4 nitrogen and oxygen atoms in total. The van der Waals surface area contributed by atoms with Crippen molar-refractivity contribution in [1.29, 1.82) is 0 Å². The zero-order chi connectivity index (χ0) is 10.6. The Balaban J connectivity index is 2.51. The number of amides is 2. The van der Waals surface area contributed by atoms with Gasteiger partial charge in [0, 0.05) is 13.0 Å². The molecule has 1 saturated heterocycles. The summed E-state index contributed by atoms with van der Waals surface area (Å²) in [5, 5.41) is 2.82. The van der Waals surface area contributed by atoms with Crippen molar-refractivity contribution in [2.45, 2.75) is 25.8 Å². The first kappa shape index (κ1) is 10.7. The van der Waals surface area contributed by atoms with Gasteiger partial charge in [-0.2, -0.15) is 0 Å². The molecule has 1 unspecified atom stereocenters. The van der Waals surface area contributed by atoms with Gasteiger partial charge in [0.15, 0.2) is 0 Å². The number of rotatable bonds is 3. The van der Waals surface area contributed by atoms with E-state index < -0.39 is 0 Å². The molecule has 1 fully saturated rings. The van der Waals surface area contributed by atoms with E-state index in [1.165, 1.54) is 4.90 Å². The Morgan fingerprint density at radius 2 is 2.36 bits per heavy atom. The van der Waals surface area contributed by atoms with Crippen molar-refractivity contribution >= 4 is 11.8 Å². The van der Waals surface area contributed by atoms with Crippen molar-refractivity contribution in [3.8, 4) is 12.3 Å². The third kappa shape index (κ3) is 2.33. The zero-order valence-electron chi connectivity index (χ0n) is 8.25. The molecule has 1 atom stereocenters. The number of piperazine rings is 1. The molecule has 0 spiro atoms. The van der Waals surface area contributed by atoms with Crippen LogP contribution in [0.25, 0.3) is 0 Å². The molecule has 76 valence electrons. The first-order valence-electron chi connectivity index (χ1n) is 4.68. The number of imide groups is 1. The molecule has 1 aliphatic heterocycles. The molecule has 14 heavy (non-hydrogen) atoms. The van der Waals surface area contributed by atoms with E-state index in [-0.39, 0.29) is 24.4 Å². The summed E-state index contributed by atoms with van der Waals surface area (Å²) < 4.78 is 0. The molecular weight excluding hydrogens is 180 g/mol. The molecule has 0 aromatic rings. The molecular formula is C10H14N2O2. The Labute approximate surface area is 83.6 Å². The lowest BCUT2D eigenvalue weighted by molar-refractivity contribution is -0.148. The van der Waals surface area contributed by atoms with Gasteiger partial charge in [-0.05, 0) is 13.3 Å². The standard InChI is InChI=1S/C10H14N2O2/c1-3-4-5-6-12-9(13)7-11-8(2)10(12)14/h1,8,11H,4-7H2,2H3. The van der Waals surface area contributed by atoms with Crippen molar-refractivity contribution in [3.05, 3.63) is 0 Å². The maximum atomic E-state index is 11.5. The first-order chi connectivity index (χ1) is 6.66. The summed E-state index contributed by atoms with van der Waals surface area (Å²) in [6.07, 6.45) is 6.37. The smallest absolute Gasteiger partial charge is 0.246 e. The third-order valence-electron chi connectivity index (χ3n) is 2.20. The topological polar surface area (TPSA) is 49.4 Å². The number of nitrogens with one attached hydrogen (secondary N) is 1. The number of carbonyl (C=O) groups excluding carboxylic acids is 2. The molecule has 1 aliphatic rings. The highest BCUT2D eigenvalue weighted by atomic mass is 16.2. The van der Waals surface area contributed by atoms with E-state index in [1.807, 2.05) is 0 Å². The summed E-state index contributed by atoms with van der Waals surface area (Å²) >= 11 is 0. The van der Waals surface area contributed by atoms with Crippen LogP contribution in [0.4, 0.5) is 0 Å². The summed E-state index contributed by atoms with van der Waals surface area (Å²) in [5.74, 6) is 2.17. The van der Waals surface area contributed by atoms with Crippen LogP contribution in [-0.4, -0.2) is 35.8 Å². The van der Waals surface area contributed by atoms with Crippen LogP contribution in [0, 0.1) is 12.3 Å². The highest BCUT2D eigenvalue weighted by Crippen LogP contribution is 2.04. The molecule has 0 aliphatic carbocycles. The van der Waals surface area contributed by atoms with Crippen LogP contribution in [0.1, 0.15) is 19.8 Å². The van der Waals surface area contributed by atoms with Gasteiger partial charge >= 0.3 is 0 Å². The van der Waals surface area contributed by atoms with Crippen molar-refractivity contribution in [2.75, 3.05) is 13.1 Å². The third-order valence-corrected chi connectivity index (χ3v) is 2.20. The maximum absolute atomic E-state index is 11.5. The number of terminal acetylenes is 1. The van der Waals surface area contributed by atoms with Crippen LogP contribution in [0.5, 0.6) is 0 Å². The van der Waals surface area contributed by atoms with Gasteiger partial charge in [0.05, 0.1) is 12.6 Å². The van der Waals surface area contributed by atoms with E-state index in [4.69, 9.17) is 6.42 Å². The highest BCUT2D eigenvalue weighted by Gasteiger charge is 2.30. The quantitative estimate of drug-likeness (QED) is 0.383. The minimum atomic E-state index is -0.265. The average molecular weight is 194 g/mol. The minimum absolute atomic E-state index is 0.154. The molecule has 2 amide bonds. The molecule has 0 aromatic carbocycles. The zero-order valence-corrected chi connectivity index (χ0v) is 8.25. The summed E-state index contributed by atoms with van der Waals surface area (Å²) in [7, 11) is 0. The Morgan fingerprint density at radius 3 is 3.00 bits per heavy atom. The second-order valence-corrected chi connectivity index (χ2v) is 3.29. The van der Waals surface area contributed by atoms with Crippen LogP contribution in [-0.2, 0) is 9.59 Å². The minimum Gasteiger partial charge on any atom is -0.298 e. The fourth-order valence-corrected chi connectivity index (χ4v) is 1.35. The summed E-state index contributed by atoms with van der Waals surface area (Å²) in [4.78, 5) is 24.1. The second kappa shape index (κ2) is 4.77. The predicted octanol–water partition coefficient (Wildman–Crippen LogP) is -0.253. The van der Waals surface area contributed by atoms with E-state index >= 15 is 0 Å². The van der Waals surface area contributed by atoms with E-state index in [9.17, 15) is 9.59 Å². The van der Waals surface area contributed by atoms with Crippen LogP contribution in [0.2, 0.25) is 0 Å². The van der Waals surface area contributed by atoms with Gasteiger partial charge in [-0.3, -0.25) is 19.8 Å². The van der Waals surface area contributed by atoms with E-state index in [0.717, 1.165) is 0 Å². The lowest BCUT2D eigenvalue weighted by atomic mass is 10.2. The van der Waals surface area contributed by atoms with Crippen molar-refractivity contribution in [1.82, 2.24) is 10.2 Å². The van der Waals surface area contributed by atoms with Gasteiger partial charge in [-0.25, -0.2) is 0 Å². The lowest BCUT2D eigenvalue weighted by Crippen LogP contribution is -2.57. The van der Waals surface area contributed by atoms with Gasteiger partial charge in [0.25, 0.3) is 0 Å². The SMILES string of the molecule is C#CCCCN1C(=O)CNC(C)C1=O. The van der Waals surface area contributed by atoms with Crippen molar-refractivity contribution < 1.29 is 9.59 Å². The summed E-state index contributed by atoms with van der Waals surface area (Å²) in [6.45, 7) is 2.43. The number of hydrogen-bond donors (Lipinski definition) is 1. The van der Waals surface area contributed by atoms with Crippen LogP contribution in [0.15, 0.2) is 0 Å². The molecule has 1 heterocycles. The van der Waals surface area contributed by atoms with Crippen LogP contribution < -0.4 is 5.32 Å². The Morgan fingerprint density at radius 1 is 1.64 bits per heavy atom. The Bertz CT molecular complexity index is 280. The fraction of sp³-hybridized carbons (Fsp3) is 0.600. The van der Waals surface area contributed by atoms with E-state index in [1.54, 1.807) is 6.92 Å². The molecule has 4 heteroatoms. The molecule has 1 rings (SSSR count). The van der Waals surface area contributed by atoms with Gasteiger partial charge in [0.1, 0.15) is 0 Å². The van der Waals surface area contributed by atoms with Crippen molar-refractivity contribution in [2.24, 2.45) is 0 Å². The maximum Gasteiger partial charge on any atom is 0.246 e. The fourth-order valence-electron chi connectivity index (χ4n) is 1.35. The summed E-state index contributed by atoms with van der Waals surface area (Å²) in [6, 6.07) is -0.265. The van der Waals surface area contributed by atoms with E-state index in [0.29, 0.717) is 19.4 Å². The largest absolute Gasteiger partial charge is 0.298 e. The van der Waals surface area contributed by atoms with Gasteiger partial charge in [-0.1, -0.05) is 0 Å². The predicted molar refractivity (Wildman–Crippen MR) is 52.3 cm³/mol. The van der Waals surface area contributed by atoms with Crippen LogP contribution >= 0.6 is 0 Å². The van der Waals surface area contributed by atoms with Gasteiger partial charge in [-0.15, -0.1) is 12.3 Å². The van der Waals surface area contributed by atoms with Gasteiger partial charge in [0.2, 0.25) is 11.8 Å². The van der Waals surface area contributed by atoms with Crippen LogP contribution in [0.3, 0.4) is 0 Å². The Kier molecular flexibility index (Phi) is 3.66. The number of hydrogen-bond acceptors (Lipinski definition) is 3. The van der Waals surface area contributed by atoms with Gasteiger partial charge < -0.3 is 0 Å². The molecule has 0 aromatic heterocycles. The summed E-state index contributed by atoms with van der Waals surface area (Å²) in [5.41, 5.74) is 0. The number of nitrogens with zero attached hydrogens (tertiary/aromatic N) is 1. The molecule has 1 N–H and O–H groups in total. The first-order valence-corrected chi connectivity index (χ1v) is 4.68. The second-order valence-electron chi connectivity index (χ2n) is 3.29. The number of unbranched alkanes of at least 4 members (excludes halogenated alkanes) is 1. The Hall–Kier alpha value is -1.34. The van der Waals surface area contributed by atoms with Crippen molar-refractivity contribution in [3.63, 3.8) is 0 Å². The van der Waals surface area contributed by atoms with E-state index in [2.05, 4.69) is 11.2 Å². The molecule has 0 radical (unpaired) electrons.